The summed E-state index contributed by atoms with van der Waals surface area (Å²) in [5, 5.41) is 8.81. The summed E-state index contributed by atoms with van der Waals surface area (Å²) >= 11 is 0. The van der Waals surface area contributed by atoms with E-state index in [1.165, 1.54) is 37.1 Å². The molecule has 0 aliphatic carbocycles. The van der Waals surface area contributed by atoms with Gasteiger partial charge in [-0.1, -0.05) is 30.3 Å². The number of hydrogen-bond acceptors (Lipinski definition) is 4. The highest BCUT2D eigenvalue weighted by atomic mass is 16.5. The predicted molar refractivity (Wildman–Crippen MR) is 99.4 cm³/mol. The Morgan fingerprint density at radius 3 is 2.40 bits per heavy atom. The monoisotopic (exact) mass is 341 g/mol. The second-order valence-corrected chi connectivity index (χ2v) is 6.40. The van der Waals surface area contributed by atoms with Crippen LogP contribution in [0, 0.1) is 0 Å². The molecule has 0 bridgehead atoms. The Bertz CT molecular complexity index is 636. The zero-order valence-corrected chi connectivity index (χ0v) is 14.7. The van der Waals surface area contributed by atoms with E-state index in [4.69, 9.17) is 14.6 Å². The molecular weight excluding hydrogens is 314 g/mol. The maximum absolute atomic E-state index is 8.81. The molecule has 1 heterocycles. The fourth-order valence-corrected chi connectivity index (χ4v) is 3.17. The van der Waals surface area contributed by atoms with Crippen LogP contribution in [0.1, 0.15) is 24.0 Å². The van der Waals surface area contributed by atoms with Crippen LogP contribution in [0.15, 0.2) is 48.5 Å². The molecule has 4 heteroatoms. The number of likely N-dealkylation sites (tertiary alicyclic amines) is 1. The van der Waals surface area contributed by atoms with E-state index < -0.39 is 0 Å². The summed E-state index contributed by atoms with van der Waals surface area (Å²) in [7, 11) is 0. The molecule has 4 nitrogen and oxygen atoms in total. The molecular formula is C21H27NO3. The minimum Gasteiger partial charge on any atom is -0.492 e. The summed E-state index contributed by atoms with van der Waals surface area (Å²) in [5.41, 5.74) is 2.42. The van der Waals surface area contributed by atoms with Crippen LogP contribution in [-0.2, 0) is 6.42 Å². The Labute approximate surface area is 150 Å². The van der Waals surface area contributed by atoms with Gasteiger partial charge in [0, 0.05) is 13.0 Å². The minimum absolute atomic E-state index is 0.0316. The molecule has 25 heavy (non-hydrogen) atoms. The maximum atomic E-state index is 8.81. The lowest BCUT2D eigenvalue weighted by molar-refractivity contribution is 0.201. The van der Waals surface area contributed by atoms with Crippen LogP contribution < -0.4 is 9.47 Å². The van der Waals surface area contributed by atoms with Gasteiger partial charge in [-0.2, -0.15) is 0 Å². The smallest absolute Gasteiger partial charge is 0.122 e. The summed E-state index contributed by atoms with van der Waals surface area (Å²) in [6.45, 7) is 4.51. The Hall–Kier alpha value is -2.04. The van der Waals surface area contributed by atoms with E-state index in [-0.39, 0.29) is 6.61 Å². The Morgan fingerprint density at radius 2 is 1.64 bits per heavy atom. The van der Waals surface area contributed by atoms with E-state index in [1.807, 2.05) is 18.2 Å². The number of rotatable bonds is 9. The molecule has 0 saturated carbocycles. The molecule has 3 rings (SSSR count). The molecule has 0 amide bonds. The van der Waals surface area contributed by atoms with Crippen LogP contribution in [0.4, 0.5) is 0 Å². The largest absolute Gasteiger partial charge is 0.492 e. The van der Waals surface area contributed by atoms with E-state index in [2.05, 4.69) is 35.2 Å². The first-order valence-corrected chi connectivity index (χ1v) is 9.11. The van der Waals surface area contributed by atoms with Gasteiger partial charge in [-0.15, -0.1) is 0 Å². The standard InChI is InChI=1S/C21H27NO3/c23-14-16-24-20-9-7-18(8-10-20)17-19-5-1-2-6-21(19)25-15-13-22-11-3-4-12-22/h1-2,5-10,23H,3-4,11-17H2. The number of aliphatic hydroxyl groups excluding tert-OH is 1. The topological polar surface area (TPSA) is 41.9 Å². The van der Waals surface area contributed by atoms with Gasteiger partial charge in [0.2, 0.25) is 0 Å². The second-order valence-electron chi connectivity index (χ2n) is 6.40. The van der Waals surface area contributed by atoms with Gasteiger partial charge < -0.3 is 14.6 Å². The number of benzene rings is 2. The van der Waals surface area contributed by atoms with Crippen molar-refractivity contribution < 1.29 is 14.6 Å². The van der Waals surface area contributed by atoms with Crippen molar-refractivity contribution in [1.82, 2.24) is 4.90 Å². The molecule has 134 valence electrons. The highest BCUT2D eigenvalue weighted by molar-refractivity contribution is 5.38. The van der Waals surface area contributed by atoms with Crippen molar-refractivity contribution >= 4 is 0 Å². The molecule has 0 spiro atoms. The lowest BCUT2D eigenvalue weighted by Crippen LogP contribution is -2.25. The van der Waals surface area contributed by atoms with Gasteiger partial charge in [0.05, 0.1) is 6.61 Å². The van der Waals surface area contributed by atoms with Gasteiger partial charge in [-0.25, -0.2) is 0 Å². The van der Waals surface area contributed by atoms with Crippen molar-refractivity contribution in [3.8, 4) is 11.5 Å². The van der Waals surface area contributed by atoms with E-state index in [0.29, 0.717) is 6.61 Å². The summed E-state index contributed by atoms with van der Waals surface area (Å²) < 4.78 is 11.5. The second kappa shape index (κ2) is 9.44. The first kappa shape index (κ1) is 17.8. The van der Waals surface area contributed by atoms with Crippen LogP contribution in [0.25, 0.3) is 0 Å². The van der Waals surface area contributed by atoms with Crippen molar-refractivity contribution in [2.24, 2.45) is 0 Å². The molecule has 1 saturated heterocycles. The first-order valence-electron chi connectivity index (χ1n) is 9.11. The molecule has 0 unspecified atom stereocenters. The Morgan fingerprint density at radius 1 is 0.880 bits per heavy atom. The molecule has 2 aromatic carbocycles. The van der Waals surface area contributed by atoms with E-state index in [0.717, 1.165) is 31.1 Å². The fraction of sp³-hybridized carbons (Fsp3) is 0.429. The zero-order valence-electron chi connectivity index (χ0n) is 14.7. The number of hydrogen-bond donors (Lipinski definition) is 1. The minimum atomic E-state index is 0.0316. The van der Waals surface area contributed by atoms with Gasteiger partial charge in [0.25, 0.3) is 0 Å². The van der Waals surface area contributed by atoms with Crippen molar-refractivity contribution in [3.63, 3.8) is 0 Å². The number of aliphatic hydroxyl groups is 1. The summed E-state index contributed by atoms with van der Waals surface area (Å²) in [6, 6.07) is 16.3. The third-order valence-corrected chi connectivity index (χ3v) is 4.51. The van der Waals surface area contributed by atoms with Crippen LogP contribution in [-0.4, -0.2) is 49.5 Å². The van der Waals surface area contributed by atoms with Crippen LogP contribution in [0.2, 0.25) is 0 Å². The molecule has 1 aliphatic rings. The molecule has 1 N–H and O–H groups in total. The number of nitrogens with zero attached hydrogens (tertiary/aromatic N) is 1. The van der Waals surface area contributed by atoms with Crippen molar-refractivity contribution in [3.05, 3.63) is 59.7 Å². The lowest BCUT2D eigenvalue weighted by atomic mass is 10.0. The van der Waals surface area contributed by atoms with Crippen LogP contribution in [0.3, 0.4) is 0 Å². The molecule has 1 fully saturated rings. The average Bonchev–Trinajstić information content (AvgIpc) is 3.16. The third-order valence-electron chi connectivity index (χ3n) is 4.51. The molecule has 0 aromatic heterocycles. The number of para-hydroxylation sites is 1. The van der Waals surface area contributed by atoms with Gasteiger partial charge in [-0.3, -0.25) is 4.90 Å². The Kier molecular flexibility index (Phi) is 6.71. The van der Waals surface area contributed by atoms with Crippen molar-refractivity contribution in [2.75, 3.05) is 39.5 Å². The summed E-state index contributed by atoms with van der Waals surface area (Å²) in [4.78, 5) is 2.47. The molecule has 2 aromatic rings. The Balaban J connectivity index is 1.56. The van der Waals surface area contributed by atoms with Gasteiger partial charge in [0.15, 0.2) is 0 Å². The summed E-state index contributed by atoms with van der Waals surface area (Å²) in [6.07, 6.45) is 3.46. The highest BCUT2D eigenvalue weighted by Gasteiger charge is 2.11. The lowest BCUT2D eigenvalue weighted by Gasteiger charge is -2.16. The molecule has 0 atom stereocenters. The number of ether oxygens (including phenoxy) is 2. The van der Waals surface area contributed by atoms with E-state index >= 15 is 0 Å². The zero-order chi connectivity index (χ0) is 17.3. The van der Waals surface area contributed by atoms with Gasteiger partial charge in [-0.05, 0) is 55.3 Å². The summed E-state index contributed by atoms with van der Waals surface area (Å²) in [5.74, 6) is 1.76. The predicted octanol–water partition coefficient (Wildman–Crippen LogP) is 3.12. The van der Waals surface area contributed by atoms with Crippen LogP contribution >= 0.6 is 0 Å². The van der Waals surface area contributed by atoms with Gasteiger partial charge in [0.1, 0.15) is 24.7 Å². The van der Waals surface area contributed by atoms with E-state index in [1.54, 1.807) is 0 Å². The average molecular weight is 341 g/mol. The normalized spacial score (nSPS) is 14.6. The maximum Gasteiger partial charge on any atom is 0.122 e. The third kappa shape index (κ3) is 5.48. The van der Waals surface area contributed by atoms with E-state index in [9.17, 15) is 0 Å². The van der Waals surface area contributed by atoms with Gasteiger partial charge >= 0.3 is 0 Å². The van der Waals surface area contributed by atoms with Crippen LogP contribution in [0.5, 0.6) is 11.5 Å². The first-order chi connectivity index (χ1) is 12.3. The quantitative estimate of drug-likeness (QED) is 0.761. The fourth-order valence-electron chi connectivity index (χ4n) is 3.17. The highest BCUT2D eigenvalue weighted by Crippen LogP contribution is 2.23. The van der Waals surface area contributed by atoms with Crippen molar-refractivity contribution in [1.29, 1.82) is 0 Å². The SMILES string of the molecule is OCCOc1ccc(Cc2ccccc2OCCN2CCCC2)cc1. The molecule has 0 radical (unpaired) electrons. The van der Waals surface area contributed by atoms with Crippen molar-refractivity contribution in [2.45, 2.75) is 19.3 Å². The molecule has 1 aliphatic heterocycles.